The van der Waals surface area contributed by atoms with Crippen LogP contribution in [-0.2, 0) is 0 Å². The second kappa shape index (κ2) is 4.41. The standard InChI is InChI=1S/C9H8F2N2/c10-3-4-13-8-2-1-7(6-12)9(11)5-8/h1-2,5,13H,3-4H2. The molecule has 0 fully saturated rings. The Morgan fingerprint density at radius 2 is 2.23 bits per heavy atom. The monoisotopic (exact) mass is 182 g/mol. The first-order chi connectivity index (χ1) is 6.27. The van der Waals surface area contributed by atoms with Gasteiger partial charge >= 0.3 is 0 Å². The molecule has 13 heavy (non-hydrogen) atoms. The zero-order valence-electron chi connectivity index (χ0n) is 6.85. The van der Waals surface area contributed by atoms with Gasteiger partial charge in [0.2, 0.25) is 0 Å². The lowest BCUT2D eigenvalue weighted by Gasteiger charge is -2.03. The summed E-state index contributed by atoms with van der Waals surface area (Å²) in [6.45, 7) is -0.368. The van der Waals surface area contributed by atoms with E-state index in [4.69, 9.17) is 5.26 Å². The number of benzene rings is 1. The molecule has 0 amide bonds. The minimum atomic E-state index is -0.591. The van der Waals surface area contributed by atoms with Gasteiger partial charge in [0.1, 0.15) is 18.6 Å². The van der Waals surface area contributed by atoms with Crippen LogP contribution in [0.3, 0.4) is 0 Å². The maximum atomic E-state index is 12.9. The average Bonchev–Trinajstić information content (AvgIpc) is 2.15. The number of alkyl halides is 1. The first-order valence-corrected chi connectivity index (χ1v) is 3.77. The predicted molar refractivity (Wildman–Crippen MR) is 45.6 cm³/mol. The van der Waals surface area contributed by atoms with Crippen molar-refractivity contribution in [1.82, 2.24) is 0 Å². The molecule has 0 aliphatic rings. The van der Waals surface area contributed by atoms with Crippen LogP contribution in [-0.4, -0.2) is 13.2 Å². The van der Waals surface area contributed by atoms with Crippen LogP contribution in [0.4, 0.5) is 14.5 Å². The molecule has 1 aromatic rings. The van der Waals surface area contributed by atoms with Gasteiger partial charge in [0.25, 0.3) is 0 Å². The van der Waals surface area contributed by atoms with Crippen LogP contribution in [0.2, 0.25) is 0 Å². The van der Waals surface area contributed by atoms with E-state index in [0.29, 0.717) is 5.69 Å². The second-order valence-electron chi connectivity index (χ2n) is 2.42. The van der Waals surface area contributed by atoms with Gasteiger partial charge in [-0.2, -0.15) is 5.26 Å². The Kier molecular flexibility index (Phi) is 3.21. The van der Waals surface area contributed by atoms with Crippen molar-refractivity contribution in [2.45, 2.75) is 0 Å². The third-order valence-electron chi connectivity index (χ3n) is 1.51. The molecule has 0 radical (unpaired) electrons. The molecular formula is C9H8F2N2. The lowest BCUT2D eigenvalue weighted by atomic mass is 10.2. The molecule has 0 atom stereocenters. The Hall–Kier alpha value is -1.63. The van der Waals surface area contributed by atoms with E-state index in [0.717, 1.165) is 0 Å². The van der Waals surface area contributed by atoms with E-state index < -0.39 is 12.5 Å². The van der Waals surface area contributed by atoms with Gasteiger partial charge in [-0.25, -0.2) is 8.78 Å². The van der Waals surface area contributed by atoms with Gasteiger partial charge in [0.15, 0.2) is 0 Å². The van der Waals surface area contributed by atoms with Gasteiger partial charge in [-0.3, -0.25) is 0 Å². The SMILES string of the molecule is N#Cc1ccc(NCCF)cc1F. The normalized spacial score (nSPS) is 9.31. The maximum absolute atomic E-state index is 12.9. The summed E-state index contributed by atoms with van der Waals surface area (Å²) in [4.78, 5) is 0. The molecule has 1 aromatic carbocycles. The summed E-state index contributed by atoms with van der Waals surface area (Å²) in [7, 11) is 0. The molecule has 2 nitrogen and oxygen atoms in total. The van der Waals surface area contributed by atoms with E-state index in [9.17, 15) is 8.78 Å². The highest BCUT2D eigenvalue weighted by atomic mass is 19.1. The summed E-state index contributed by atoms with van der Waals surface area (Å²) in [5.41, 5.74) is 0.472. The first kappa shape index (κ1) is 9.46. The molecule has 0 spiro atoms. The molecule has 0 aliphatic carbocycles. The number of halogens is 2. The minimum absolute atomic E-state index is 0.00852. The molecular weight excluding hydrogens is 174 g/mol. The van der Waals surface area contributed by atoms with Crippen LogP contribution < -0.4 is 5.32 Å². The molecule has 0 aromatic heterocycles. The first-order valence-electron chi connectivity index (χ1n) is 3.77. The highest BCUT2D eigenvalue weighted by Gasteiger charge is 2.01. The number of nitrogens with one attached hydrogen (secondary N) is 1. The molecule has 4 heteroatoms. The summed E-state index contributed by atoms with van der Waals surface area (Å²) in [5, 5.41) is 11.1. The van der Waals surface area contributed by atoms with Gasteiger partial charge in [-0.15, -0.1) is 0 Å². The lowest BCUT2D eigenvalue weighted by Crippen LogP contribution is -2.03. The molecule has 0 unspecified atom stereocenters. The van der Waals surface area contributed by atoms with Crippen LogP contribution in [0.25, 0.3) is 0 Å². The Morgan fingerprint density at radius 1 is 1.46 bits per heavy atom. The second-order valence-corrected chi connectivity index (χ2v) is 2.42. The van der Waals surface area contributed by atoms with E-state index in [1.54, 1.807) is 6.07 Å². The van der Waals surface area contributed by atoms with Gasteiger partial charge in [0, 0.05) is 12.2 Å². The van der Waals surface area contributed by atoms with Crippen molar-refractivity contribution < 1.29 is 8.78 Å². The maximum Gasteiger partial charge on any atom is 0.143 e. The third-order valence-corrected chi connectivity index (χ3v) is 1.51. The largest absolute Gasteiger partial charge is 0.382 e. The summed E-state index contributed by atoms with van der Waals surface area (Å²) < 4.78 is 24.6. The summed E-state index contributed by atoms with van der Waals surface area (Å²) in [6, 6.07) is 5.77. The topological polar surface area (TPSA) is 35.8 Å². The van der Waals surface area contributed by atoms with Gasteiger partial charge in [0.05, 0.1) is 5.56 Å². The van der Waals surface area contributed by atoms with Gasteiger partial charge in [-0.05, 0) is 18.2 Å². The Balaban J connectivity index is 2.79. The van der Waals surface area contributed by atoms with E-state index in [-0.39, 0.29) is 12.1 Å². The van der Waals surface area contributed by atoms with Crippen molar-refractivity contribution in [3.63, 3.8) is 0 Å². The van der Waals surface area contributed by atoms with Crippen LogP contribution in [0.1, 0.15) is 5.56 Å². The predicted octanol–water partition coefficient (Wildman–Crippen LogP) is 2.08. The molecule has 68 valence electrons. The molecule has 1 rings (SSSR count). The lowest BCUT2D eigenvalue weighted by molar-refractivity contribution is 0.512. The van der Waals surface area contributed by atoms with E-state index in [1.165, 1.54) is 18.2 Å². The van der Waals surface area contributed by atoms with Crippen molar-refractivity contribution in [2.24, 2.45) is 0 Å². The number of hydrogen-bond acceptors (Lipinski definition) is 2. The Morgan fingerprint density at radius 3 is 2.77 bits per heavy atom. The van der Waals surface area contributed by atoms with E-state index >= 15 is 0 Å². The zero-order chi connectivity index (χ0) is 9.68. The van der Waals surface area contributed by atoms with Crippen LogP contribution in [0, 0.1) is 17.1 Å². The third kappa shape index (κ3) is 2.41. The van der Waals surface area contributed by atoms with Crippen molar-refractivity contribution in [3.05, 3.63) is 29.6 Å². The highest BCUT2D eigenvalue weighted by molar-refractivity contribution is 5.47. The number of rotatable bonds is 3. The fraction of sp³-hybridized carbons (Fsp3) is 0.222. The van der Waals surface area contributed by atoms with Crippen molar-refractivity contribution in [2.75, 3.05) is 18.5 Å². The van der Waals surface area contributed by atoms with E-state index in [2.05, 4.69) is 5.32 Å². The zero-order valence-corrected chi connectivity index (χ0v) is 6.85. The number of nitriles is 1. The van der Waals surface area contributed by atoms with Gasteiger partial charge < -0.3 is 5.32 Å². The molecule has 0 saturated heterocycles. The Bertz CT molecular complexity index is 331. The molecule has 0 aliphatic heterocycles. The van der Waals surface area contributed by atoms with Gasteiger partial charge in [-0.1, -0.05) is 0 Å². The molecule has 1 N–H and O–H groups in total. The summed E-state index contributed by atoms with van der Waals surface area (Å²) >= 11 is 0. The fourth-order valence-corrected chi connectivity index (χ4v) is 0.907. The van der Waals surface area contributed by atoms with Crippen LogP contribution >= 0.6 is 0 Å². The number of hydrogen-bond donors (Lipinski definition) is 1. The average molecular weight is 182 g/mol. The fourth-order valence-electron chi connectivity index (χ4n) is 0.907. The Labute approximate surface area is 74.8 Å². The minimum Gasteiger partial charge on any atom is -0.382 e. The van der Waals surface area contributed by atoms with Crippen molar-refractivity contribution in [3.8, 4) is 6.07 Å². The molecule has 0 saturated carbocycles. The van der Waals surface area contributed by atoms with Crippen LogP contribution in [0.5, 0.6) is 0 Å². The van der Waals surface area contributed by atoms with Crippen LogP contribution in [0.15, 0.2) is 18.2 Å². The smallest absolute Gasteiger partial charge is 0.143 e. The quantitative estimate of drug-likeness (QED) is 0.776. The molecule has 0 heterocycles. The summed E-state index contributed by atoms with van der Waals surface area (Å²) in [6.07, 6.45) is 0. The van der Waals surface area contributed by atoms with Crippen molar-refractivity contribution >= 4 is 5.69 Å². The summed E-state index contributed by atoms with van der Waals surface area (Å²) in [5.74, 6) is -0.591. The van der Waals surface area contributed by atoms with Crippen molar-refractivity contribution in [1.29, 1.82) is 5.26 Å². The van der Waals surface area contributed by atoms with E-state index in [1.807, 2.05) is 0 Å². The molecule has 0 bridgehead atoms. The number of nitrogens with zero attached hydrogens (tertiary/aromatic N) is 1. The highest BCUT2D eigenvalue weighted by Crippen LogP contribution is 2.13. The number of anilines is 1.